The van der Waals surface area contributed by atoms with E-state index < -0.39 is 260 Å². The molecule has 0 saturated heterocycles. The van der Waals surface area contributed by atoms with Gasteiger partial charge in [0.1, 0.15) is 78.5 Å². The predicted octanol–water partition coefficient (Wildman–Crippen LogP) is -11.5. The number of carbonyl (C=O) groups is 19. The quantitative estimate of drug-likeness (QED) is 0.0166. The molecule has 0 aliphatic rings. The number of amides is 18. The number of nitrogens with two attached hydrogens (primary N) is 7. The van der Waals surface area contributed by atoms with E-state index in [0.717, 1.165) is 12.5 Å². The molecule has 0 aliphatic carbocycles. The highest BCUT2D eigenvalue weighted by Crippen LogP contribution is 2.13. The maximum absolute atomic E-state index is 14.4. The summed E-state index contributed by atoms with van der Waals surface area (Å²) in [6, 6.07) is -4.38. The van der Waals surface area contributed by atoms with E-state index in [1.54, 1.807) is 74.5 Å². The highest BCUT2D eigenvalue weighted by Gasteiger charge is 2.38. The second-order valence-corrected chi connectivity index (χ2v) is 30.3. The van der Waals surface area contributed by atoms with Gasteiger partial charge in [-0.15, -0.1) is 0 Å². The molecule has 0 fully saturated rings. The van der Waals surface area contributed by atoms with E-state index in [-0.39, 0.29) is 103 Å². The van der Waals surface area contributed by atoms with Crippen LogP contribution < -0.4 is 136 Å². The number of aliphatic hydroxyl groups is 2. The largest absolute Gasteiger partial charge is 0.480 e. The molecule has 0 heterocycles. The van der Waals surface area contributed by atoms with E-state index in [2.05, 4.69) is 95.7 Å². The number of benzene rings is 2. The standard InChI is InChI=1S/C78H127N27O22/c1-40(2)32-53(71(121)94-43(5)65(115)102-55(35-58(83)109)72(122)101-52(76(126)127)26-27-57(82)108)103-69(119)48(22-13-14-28-79)99-67(117)51(25-17-31-89-78(86)87)98-64(114)42(4)95-74(124)56(39-106)104-70(120)49(23-15-29-80)100-68(118)50(24-16-30-88-77(84)85)97-63(113)41(3)93-60(111)38-92-75(125)62(44(6)107)105-73(123)54(34-46-20-11-8-12-21-46)96-61(112)37-90-59(110)36-91-66(116)47(81)33-45-18-9-7-10-19-45/h7-12,18-21,40-44,47-56,62,106-107H,13-17,22-39,79-81H2,1-6H3,(H2,82,108)(H2,83,109)(H,90,110)(H,91,116)(H,92,125)(H,93,111)(H,94,121)(H,95,124)(H,96,112)(H,97,113)(H,98,114)(H,99,117)(H,100,118)(H,101,122)(H,102,115)(H,103,119)(H,104,120)(H,105,123)(H,126,127)(H4,84,85,88)(H4,86,87,89)/t41-,42-,43-,44+,47-,48-,49-,50-,51-,52-,53-,54-,55-,56-,62-/m0/s1. The number of carboxylic acid groups (broad SMARTS) is 1. The Morgan fingerprint density at radius 3 is 1.19 bits per heavy atom. The molecule has 2 rings (SSSR count). The molecular weight excluding hydrogens is 1670 g/mol. The van der Waals surface area contributed by atoms with E-state index in [9.17, 15) is 106 Å². The Labute approximate surface area is 733 Å². The van der Waals surface area contributed by atoms with E-state index >= 15 is 0 Å². The highest BCUT2D eigenvalue weighted by molar-refractivity contribution is 6.01. The number of carboxylic acids is 1. The number of unbranched alkanes of at least 4 members (excludes halogenated alkanes) is 1. The lowest BCUT2D eigenvalue weighted by Crippen LogP contribution is -2.61. The third kappa shape index (κ3) is 44.7. The monoisotopic (exact) mass is 1790 g/mol. The zero-order chi connectivity index (χ0) is 95.6. The number of hydrogen-bond acceptors (Lipinski definition) is 26. The van der Waals surface area contributed by atoms with Crippen LogP contribution in [0.1, 0.15) is 136 Å². The molecule has 0 aliphatic heterocycles. The molecule has 49 nitrogen and oxygen atoms in total. The van der Waals surface area contributed by atoms with Crippen molar-refractivity contribution in [3.05, 3.63) is 71.8 Å². The Kier molecular flexibility index (Phi) is 50.8. The topological polar surface area (TPSA) is 831 Å². The summed E-state index contributed by atoms with van der Waals surface area (Å²) >= 11 is 0. The van der Waals surface area contributed by atoms with Crippen molar-refractivity contribution in [2.45, 2.75) is 229 Å². The van der Waals surface area contributed by atoms with Gasteiger partial charge in [0.15, 0.2) is 11.9 Å². The SMILES string of the molecule is CC(C)C[C@H](NC(=O)[C@H](CCCCN)NC(=O)[C@H](CCCNC(=N)N)NC(=O)[C@H](C)NC(=O)[C@H](CO)NC(=O)[C@H](CCCN)NC(=O)[C@H](CCCNC(=N)N)NC(=O)[C@H](C)NC(=O)CNC(=O)[C@@H](NC(=O)[C@H](Cc1ccccc1)NC(=O)CNC(=O)CNC(=O)[C@@H](N)Cc1ccccc1)[C@@H](C)O)C(=O)N[C@@H](C)C(=O)N[C@@H](CC(N)=O)C(=O)N[C@@H](CCC(N)=O)C(=O)O. The van der Waals surface area contributed by atoms with Crippen LogP contribution in [-0.2, 0) is 104 Å². The average Bonchev–Trinajstić information content (AvgIpc) is 0.866. The molecule has 18 amide bonds. The normalized spacial score (nSPS) is 14.5. The third-order valence-electron chi connectivity index (χ3n) is 18.8. The fourth-order valence-corrected chi connectivity index (χ4v) is 11.9. The van der Waals surface area contributed by atoms with Crippen molar-refractivity contribution >= 4 is 124 Å². The number of rotatable bonds is 61. The summed E-state index contributed by atoms with van der Waals surface area (Å²) in [4.78, 5) is 254. The minimum atomic E-state index is -1.86. The lowest BCUT2D eigenvalue weighted by atomic mass is 10.0. The van der Waals surface area contributed by atoms with Crippen LogP contribution in [0, 0.1) is 16.7 Å². The molecule has 15 atom stereocenters. The zero-order valence-corrected chi connectivity index (χ0v) is 71.9. The van der Waals surface area contributed by atoms with Crippen LogP contribution in [-0.4, -0.2) is 283 Å². The summed E-state index contributed by atoms with van der Waals surface area (Å²) < 4.78 is 0. The number of hydrogen-bond donors (Lipinski definition) is 30. The van der Waals surface area contributed by atoms with Crippen molar-refractivity contribution in [1.29, 1.82) is 10.8 Å². The molecular formula is C78H127N27O22. The fourth-order valence-electron chi connectivity index (χ4n) is 11.9. The maximum atomic E-state index is 14.4. The van der Waals surface area contributed by atoms with Crippen LogP contribution >= 0.6 is 0 Å². The van der Waals surface area contributed by atoms with E-state index in [1.807, 2.05) is 0 Å². The molecule has 2 aromatic carbocycles. The Balaban J connectivity index is 2.28. The summed E-state index contributed by atoms with van der Waals surface area (Å²) in [5.41, 5.74) is 40.3. The molecule has 37 N–H and O–H groups in total. The van der Waals surface area contributed by atoms with Crippen LogP contribution in [0.3, 0.4) is 0 Å². The summed E-state index contributed by atoms with van der Waals surface area (Å²) in [5.74, 6) is -20.5. The first-order valence-electron chi connectivity index (χ1n) is 41.1. The smallest absolute Gasteiger partial charge is 0.326 e. The molecule has 0 aromatic heterocycles. The Hall–Kier alpha value is -13.3. The van der Waals surface area contributed by atoms with Crippen molar-refractivity contribution in [2.24, 2.45) is 46.1 Å². The zero-order valence-electron chi connectivity index (χ0n) is 71.9. The number of nitrogens with one attached hydrogen (secondary N) is 20. The number of guanidine groups is 2. The molecule has 0 spiro atoms. The summed E-state index contributed by atoms with van der Waals surface area (Å²) in [5, 5.41) is 89.3. The first kappa shape index (κ1) is 110. The molecule has 0 bridgehead atoms. The van der Waals surface area contributed by atoms with Gasteiger partial charge in [-0.05, 0) is 135 Å². The number of aliphatic hydroxyl groups excluding tert-OH is 2. The second-order valence-electron chi connectivity index (χ2n) is 30.3. The van der Waals surface area contributed by atoms with E-state index in [4.69, 9.17) is 51.0 Å². The van der Waals surface area contributed by atoms with Crippen LogP contribution in [0.25, 0.3) is 0 Å². The first-order valence-corrected chi connectivity index (χ1v) is 41.1. The van der Waals surface area contributed by atoms with Crippen molar-refractivity contribution in [2.75, 3.05) is 52.4 Å². The van der Waals surface area contributed by atoms with Crippen LogP contribution in [0.2, 0.25) is 0 Å². The van der Waals surface area contributed by atoms with E-state index in [0.29, 0.717) is 12.0 Å². The van der Waals surface area contributed by atoms with Gasteiger partial charge in [0.05, 0.1) is 44.8 Å². The minimum Gasteiger partial charge on any atom is -0.480 e. The molecule has 0 radical (unpaired) electrons. The van der Waals surface area contributed by atoms with Gasteiger partial charge in [0.25, 0.3) is 0 Å². The molecule has 49 heteroatoms. The Morgan fingerprint density at radius 1 is 0.362 bits per heavy atom. The van der Waals surface area contributed by atoms with Crippen molar-refractivity contribution in [1.82, 2.24) is 95.7 Å². The lowest BCUT2D eigenvalue weighted by Gasteiger charge is -2.28. The van der Waals surface area contributed by atoms with Crippen molar-refractivity contribution in [3.8, 4) is 0 Å². The van der Waals surface area contributed by atoms with Gasteiger partial charge in [0.2, 0.25) is 106 Å². The van der Waals surface area contributed by atoms with Gasteiger partial charge in [-0.1, -0.05) is 74.5 Å². The number of primary amides is 2. The fraction of sp³-hybridized carbons (Fsp3) is 0.577. The average molecular weight is 1800 g/mol. The van der Waals surface area contributed by atoms with E-state index in [1.165, 1.54) is 20.8 Å². The van der Waals surface area contributed by atoms with Gasteiger partial charge >= 0.3 is 5.97 Å². The minimum absolute atomic E-state index is 0.0169. The first-order chi connectivity index (χ1) is 59.9. The highest BCUT2D eigenvalue weighted by atomic mass is 16.4. The van der Waals surface area contributed by atoms with Crippen molar-refractivity contribution < 1.29 is 106 Å². The number of carbonyl (C=O) groups excluding carboxylic acids is 18. The van der Waals surface area contributed by atoms with Crippen LogP contribution in [0.15, 0.2) is 60.7 Å². The summed E-state index contributed by atoms with van der Waals surface area (Å²) in [7, 11) is 0. The lowest BCUT2D eigenvalue weighted by molar-refractivity contribution is -0.143. The van der Waals surface area contributed by atoms with Crippen LogP contribution in [0.5, 0.6) is 0 Å². The summed E-state index contributed by atoms with van der Waals surface area (Å²) in [6.07, 6.45) is -3.49. The maximum Gasteiger partial charge on any atom is 0.326 e. The Bertz CT molecular complexity index is 4060. The molecule has 0 saturated carbocycles. The molecule has 0 unspecified atom stereocenters. The molecule has 706 valence electrons. The van der Waals surface area contributed by atoms with Crippen LogP contribution in [0.4, 0.5) is 0 Å². The van der Waals surface area contributed by atoms with Gasteiger partial charge < -0.3 is 151 Å². The number of aliphatic carboxylic acids is 1. The van der Waals surface area contributed by atoms with Gasteiger partial charge in [0, 0.05) is 25.9 Å². The molecule has 2 aromatic rings. The van der Waals surface area contributed by atoms with Gasteiger partial charge in [-0.25, -0.2) is 4.79 Å². The Morgan fingerprint density at radius 2 is 0.740 bits per heavy atom. The summed E-state index contributed by atoms with van der Waals surface area (Å²) in [6.45, 7) is 4.97. The van der Waals surface area contributed by atoms with Gasteiger partial charge in [-0.2, -0.15) is 0 Å². The third-order valence-corrected chi connectivity index (χ3v) is 18.8. The second kappa shape index (κ2) is 58.8. The molecule has 127 heavy (non-hydrogen) atoms. The van der Waals surface area contributed by atoms with Gasteiger partial charge in [-0.3, -0.25) is 97.1 Å². The predicted molar refractivity (Wildman–Crippen MR) is 457 cm³/mol. The van der Waals surface area contributed by atoms with Crippen molar-refractivity contribution in [3.63, 3.8) is 0 Å².